The summed E-state index contributed by atoms with van der Waals surface area (Å²) in [5.41, 5.74) is 10.4. The number of carbonyl (C=O) groups excluding carboxylic acids is 1. The van der Waals surface area contributed by atoms with Crippen molar-refractivity contribution < 1.29 is 4.79 Å². The number of likely N-dealkylation sites (tertiary alicyclic amines) is 1. The first-order valence-corrected chi connectivity index (χ1v) is 14.2. The molecule has 0 bridgehead atoms. The third-order valence-electron chi connectivity index (χ3n) is 7.94. The first-order valence-electron chi connectivity index (χ1n) is 13.4. The van der Waals surface area contributed by atoms with Crippen molar-refractivity contribution in [2.24, 2.45) is 11.7 Å². The predicted molar refractivity (Wildman–Crippen MR) is 149 cm³/mol. The Hall–Kier alpha value is -1.94. The number of benzene rings is 1. The molecule has 2 heterocycles. The zero-order valence-electron chi connectivity index (χ0n) is 21.6. The highest BCUT2D eigenvalue weighted by molar-refractivity contribution is 9.12. The summed E-state index contributed by atoms with van der Waals surface area (Å²) in [6.07, 6.45) is 8.12. The lowest BCUT2D eigenvalue weighted by Gasteiger charge is -2.38. The van der Waals surface area contributed by atoms with Crippen molar-refractivity contribution in [1.82, 2.24) is 25.1 Å². The summed E-state index contributed by atoms with van der Waals surface area (Å²) in [5, 5.41) is 10.2. The molecular weight excluding hydrogens is 518 g/mol. The van der Waals surface area contributed by atoms with Gasteiger partial charge in [-0.05, 0) is 85.4 Å². The Kier molecular flexibility index (Phi) is 9.81. The van der Waals surface area contributed by atoms with Gasteiger partial charge in [-0.3, -0.25) is 25.5 Å². The third kappa shape index (κ3) is 7.31. The first kappa shape index (κ1) is 27.1. The van der Waals surface area contributed by atoms with E-state index in [1.165, 1.54) is 38.7 Å². The molecule has 1 aromatic rings. The zero-order chi connectivity index (χ0) is 25.5. The van der Waals surface area contributed by atoms with Crippen molar-refractivity contribution in [2.45, 2.75) is 51.1 Å². The number of piperidine rings is 1. The Morgan fingerprint density at radius 2 is 1.78 bits per heavy atom. The number of amidine groups is 1. The second-order valence-corrected chi connectivity index (χ2v) is 11.5. The molecular formula is C27H42BrN7O. The fourth-order valence-electron chi connectivity index (χ4n) is 5.67. The van der Waals surface area contributed by atoms with Crippen molar-refractivity contribution >= 4 is 27.7 Å². The Labute approximate surface area is 224 Å². The third-order valence-corrected chi connectivity index (χ3v) is 8.58. The molecule has 3 fully saturated rings. The molecule has 4 N–H and O–H groups in total. The van der Waals surface area contributed by atoms with Crippen LogP contribution in [0.5, 0.6) is 0 Å². The average Bonchev–Trinajstić information content (AvgIpc) is 3.43. The Morgan fingerprint density at radius 1 is 1.11 bits per heavy atom. The van der Waals surface area contributed by atoms with Gasteiger partial charge in [-0.2, -0.15) is 0 Å². The van der Waals surface area contributed by atoms with Crippen molar-refractivity contribution in [2.75, 3.05) is 52.9 Å². The number of hydrogen-bond acceptors (Lipinski definition) is 6. The minimum atomic E-state index is -0.186. The number of nitrogens with zero attached hydrogens (tertiary/aromatic N) is 4. The quantitative estimate of drug-likeness (QED) is 0.270. The maximum atomic E-state index is 13.2. The summed E-state index contributed by atoms with van der Waals surface area (Å²) in [5.74, 6) is 0.843. The van der Waals surface area contributed by atoms with Crippen LogP contribution in [0.3, 0.4) is 0 Å². The van der Waals surface area contributed by atoms with Gasteiger partial charge in [0, 0.05) is 51.0 Å². The van der Waals surface area contributed by atoms with Crippen molar-refractivity contribution in [1.29, 1.82) is 5.41 Å². The van der Waals surface area contributed by atoms with Gasteiger partial charge in [-0.1, -0.05) is 25.0 Å². The average molecular weight is 561 g/mol. The van der Waals surface area contributed by atoms with Gasteiger partial charge in [0.25, 0.3) is 5.91 Å². The summed E-state index contributed by atoms with van der Waals surface area (Å²) >= 11 is 3.34. The fourth-order valence-corrected chi connectivity index (χ4v) is 5.86. The molecule has 9 heteroatoms. The number of nitrogens with two attached hydrogens (primary N) is 1. The highest BCUT2D eigenvalue weighted by Crippen LogP contribution is 2.25. The number of piperazine rings is 1. The zero-order valence-corrected chi connectivity index (χ0v) is 23.2. The van der Waals surface area contributed by atoms with E-state index in [-0.39, 0.29) is 17.8 Å². The van der Waals surface area contributed by atoms with E-state index in [0.29, 0.717) is 10.0 Å². The molecule has 3 aliphatic rings. The Bertz CT molecular complexity index is 916. The number of carbonyl (C=O) groups is 1. The SMILES string of the molecule is CN1CCC(CN2CCN(Cc3cccc(C(=O)NN(C(=N)C(Br)=CN)C4CCCC4)c3)CC2)CC1. The van der Waals surface area contributed by atoms with Gasteiger partial charge in [0.05, 0.1) is 10.5 Å². The molecule has 1 aliphatic carbocycles. The van der Waals surface area contributed by atoms with E-state index in [1.54, 1.807) is 5.01 Å². The fraction of sp³-hybridized carbons (Fsp3) is 0.630. The monoisotopic (exact) mass is 559 g/mol. The van der Waals surface area contributed by atoms with Crippen LogP contribution in [0.25, 0.3) is 0 Å². The van der Waals surface area contributed by atoms with Crippen LogP contribution >= 0.6 is 15.9 Å². The largest absolute Gasteiger partial charge is 0.404 e. The molecule has 198 valence electrons. The van der Waals surface area contributed by atoms with Crippen LogP contribution in [0.2, 0.25) is 0 Å². The number of halogens is 1. The maximum absolute atomic E-state index is 13.2. The summed E-state index contributed by atoms with van der Waals surface area (Å²) < 4.78 is 0.471. The first-order chi connectivity index (χ1) is 17.4. The molecule has 0 atom stereocenters. The molecule has 1 amide bonds. The Balaban J connectivity index is 1.30. The van der Waals surface area contributed by atoms with Gasteiger partial charge in [0.2, 0.25) is 0 Å². The summed E-state index contributed by atoms with van der Waals surface area (Å²) in [6, 6.07) is 8.02. The van der Waals surface area contributed by atoms with Gasteiger partial charge in [-0.15, -0.1) is 0 Å². The number of amides is 1. The van der Waals surface area contributed by atoms with E-state index < -0.39 is 0 Å². The van der Waals surface area contributed by atoms with Crippen molar-refractivity contribution in [3.63, 3.8) is 0 Å². The van der Waals surface area contributed by atoms with Gasteiger partial charge >= 0.3 is 0 Å². The van der Waals surface area contributed by atoms with Crippen LogP contribution in [-0.4, -0.2) is 90.4 Å². The second kappa shape index (κ2) is 13.0. The Morgan fingerprint density at radius 3 is 2.44 bits per heavy atom. The number of hydrogen-bond donors (Lipinski definition) is 3. The second-order valence-electron chi connectivity index (χ2n) is 10.6. The van der Waals surface area contributed by atoms with Crippen LogP contribution in [0.1, 0.15) is 54.4 Å². The molecule has 36 heavy (non-hydrogen) atoms. The number of hydrazine groups is 1. The lowest BCUT2D eigenvalue weighted by atomic mass is 9.96. The normalized spacial score (nSPS) is 21.6. The molecule has 0 radical (unpaired) electrons. The minimum absolute atomic E-state index is 0.114. The molecule has 8 nitrogen and oxygen atoms in total. The van der Waals surface area contributed by atoms with Gasteiger partial charge in [0.1, 0.15) is 0 Å². The standard InChI is InChI=1S/C27H42BrN7O/c1-32-11-9-21(10-12-32)19-33-13-15-34(16-14-33)20-22-5-4-6-23(17-22)27(36)31-35(24-7-2-3-8-24)26(30)25(28)18-29/h4-6,17-18,21,24,30H,2-3,7-16,19-20,29H2,1H3,(H,31,36). The van der Waals surface area contributed by atoms with Gasteiger partial charge < -0.3 is 15.5 Å². The topological polar surface area (TPSA) is 91.9 Å². The maximum Gasteiger partial charge on any atom is 0.269 e. The molecule has 0 unspecified atom stereocenters. The number of rotatable bonds is 7. The molecule has 2 aliphatic heterocycles. The number of nitrogens with one attached hydrogen (secondary N) is 2. The molecule has 1 aromatic carbocycles. The predicted octanol–water partition coefficient (Wildman–Crippen LogP) is 3.21. The van der Waals surface area contributed by atoms with E-state index in [2.05, 4.69) is 49.2 Å². The summed E-state index contributed by atoms with van der Waals surface area (Å²) in [7, 11) is 2.22. The molecule has 0 aromatic heterocycles. The van der Waals surface area contributed by atoms with E-state index in [9.17, 15) is 4.79 Å². The minimum Gasteiger partial charge on any atom is -0.404 e. The smallest absolute Gasteiger partial charge is 0.269 e. The van der Waals surface area contributed by atoms with Crippen LogP contribution in [0, 0.1) is 11.3 Å². The van der Waals surface area contributed by atoms with E-state index >= 15 is 0 Å². The molecule has 0 spiro atoms. The summed E-state index contributed by atoms with van der Waals surface area (Å²) in [6.45, 7) is 8.92. The molecule has 2 saturated heterocycles. The summed E-state index contributed by atoms with van der Waals surface area (Å²) in [4.78, 5) is 20.8. The lowest BCUT2D eigenvalue weighted by Crippen LogP contribution is -2.51. The van der Waals surface area contributed by atoms with Gasteiger partial charge in [0.15, 0.2) is 5.84 Å². The van der Waals surface area contributed by atoms with Crippen molar-refractivity contribution in [3.8, 4) is 0 Å². The van der Waals surface area contributed by atoms with Crippen molar-refractivity contribution in [3.05, 3.63) is 46.1 Å². The van der Waals surface area contributed by atoms with E-state index in [0.717, 1.165) is 69.9 Å². The van der Waals surface area contributed by atoms with E-state index in [4.69, 9.17) is 11.1 Å². The van der Waals surface area contributed by atoms with Crippen LogP contribution in [0.4, 0.5) is 0 Å². The molecule has 4 rings (SSSR count). The van der Waals surface area contributed by atoms with E-state index in [1.807, 2.05) is 18.2 Å². The highest BCUT2D eigenvalue weighted by atomic mass is 79.9. The van der Waals surface area contributed by atoms with Crippen LogP contribution in [0.15, 0.2) is 34.9 Å². The van der Waals surface area contributed by atoms with Crippen LogP contribution < -0.4 is 11.2 Å². The van der Waals surface area contributed by atoms with Crippen LogP contribution in [-0.2, 0) is 6.54 Å². The highest BCUT2D eigenvalue weighted by Gasteiger charge is 2.28. The lowest BCUT2D eigenvalue weighted by molar-refractivity contribution is 0.0833. The van der Waals surface area contributed by atoms with Gasteiger partial charge in [-0.25, -0.2) is 0 Å². The molecule has 1 saturated carbocycles.